The molecule has 0 amide bonds. The summed E-state index contributed by atoms with van der Waals surface area (Å²) < 4.78 is 43.0. The SMILES string of the molecule is Cc1ccc2c(c1)C[C@H](C(=O)O)[C@@H](C(F)(F)F)O2. The van der Waals surface area contributed by atoms with Gasteiger partial charge in [-0.05, 0) is 25.0 Å². The van der Waals surface area contributed by atoms with E-state index in [9.17, 15) is 18.0 Å². The number of hydrogen-bond acceptors (Lipinski definition) is 2. The van der Waals surface area contributed by atoms with Gasteiger partial charge in [0, 0.05) is 0 Å². The summed E-state index contributed by atoms with van der Waals surface area (Å²) >= 11 is 0. The largest absolute Gasteiger partial charge is 0.481 e. The maximum Gasteiger partial charge on any atom is 0.426 e. The molecule has 1 aromatic rings. The van der Waals surface area contributed by atoms with Gasteiger partial charge in [0.25, 0.3) is 0 Å². The van der Waals surface area contributed by atoms with Gasteiger partial charge < -0.3 is 9.84 Å². The Morgan fingerprint density at radius 2 is 2.11 bits per heavy atom. The molecule has 0 unspecified atom stereocenters. The monoisotopic (exact) mass is 260 g/mol. The van der Waals surface area contributed by atoms with E-state index in [-0.39, 0.29) is 12.2 Å². The molecule has 0 aliphatic carbocycles. The third-order valence-corrected chi connectivity index (χ3v) is 2.92. The van der Waals surface area contributed by atoms with E-state index in [0.29, 0.717) is 5.56 Å². The van der Waals surface area contributed by atoms with Crippen LogP contribution in [0.1, 0.15) is 11.1 Å². The number of carboxylic acids is 1. The van der Waals surface area contributed by atoms with Gasteiger partial charge in [0.1, 0.15) is 11.7 Å². The van der Waals surface area contributed by atoms with Crippen LogP contribution in [0.25, 0.3) is 0 Å². The molecule has 1 heterocycles. The fourth-order valence-electron chi connectivity index (χ4n) is 2.06. The van der Waals surface area contributed by atoms with Gasteiger partial charge in [-0.2, -0.15) is 13.2 Å². The molecule has 2 atom stereocenters. The van der Waals surface area contributed by atoms with Gasteiger partial charge in [-0.15, -0.1) is 0 Å². The molecule has 98 valence electrons. The number of aryl methyl sites for hydroxylation is 1. The molecule has 1 aromatic carbocycles. The normalized spacial score (nSPS) is 23.1. The lowest BCUT2D eigenvalue weighted by Gasteiger charge is -2.32. The first-order valence-corrected chi connectivity index (χ1v) is 5.35. The smallest absolute Gasteiger partial charge is 0.426 e. The first-order chi connectivity index (χ1) is 8.29. The molecule has 6 heteroatoms. The maximum absolute atomic E-state index is 12.7. The van der Waals surface area contributed by atoms with Gasteiger partial charge in [-0.25, -0.2) is 0 Å². The first-order valence-electron chi connectivity index (χ1n) is 5.35. The van der Waals surface area contributed by atoms with Gasteiger partial charge in [0.2, 0.25) is 6.10 Å². The highest BCUT2D eigenvalue weighted by molar-refractivity contribution is 5.72. The Balaban J connectivity index is 2.40. The van der Waals surface area contributed by atoms with Crippen LogP contribution in [-0.2, 0) is 11.2 Å². The minimum Gasteiger partial charge on any atom is -0.481 e. The lowest BCUT2D eigenvalue weighted by molar-refractivity contribution is -0.217. The molecule has 1 N–H and O–H groups in total. The Morgan fingerprint density at radius 1 is 1.44 bits per heavy atom. The van der Waals surface area contributed by atoms with Gasteiger partial charge in [0.05, 0.1) is 0 Å². The third kappa shape index (κ3) is 2.27. The van der Waals surface area contributed by atoms with Crippen molar-refractivity contribution in [3.63, 3.8) is 0 Å². The quantitative estimate of drug-likeness (QED) is 0.844. The van der Waals surface area contributed by atoms with Crippen molar-refractivity contribution in [1.82, 2.24) is 0 Å². The van der Waals surface area contributed by atoms with E-state index in [2.05, 4.69) is 0 Å². The van der Waals surface area contributed by atoms with E-state index >= 15 is 0 Å². The van der Waals surface area contributed by atoms with E-state index < -0.39 is 24.2 Å². The van der Waals surface area contributed by atoms with Crippen molar-refractivity contribution >= 4 is 5.97 Å². The fourth-order valence-corrected chi connectivity index (χ4v) is 2.06. The van der Waals surface area contributed by atoms with Crippen molar-refractivity contribution in [2.24, 2.45) is 5.92 Å². The second kappa shape index (κ2) is 4.19. The number of fused-ring (bicyclic) bond motifs is 1. The molecule has 0 bridgehead atoms. The zero-order valence-corrected chi connectivity index (χ0v) is 9.49. The molecule has 0 fully saturated rings. The number of hydrogen-bond donors (Lipinski definition) is 1. The number of carboxylic acid groups (broad SMARTS) is 1. The van der Waals surface area contributed by atoms with Crippen LogP contribution in [0, 0.1) is 12.8 Å². The summed E-state index contributed by atoms with van der Waals surface area (Å²) in [4.78, 5) is 10.9. The van der Waals surface area contributed by atoms with Crippen LogP contribution in [-0.4, -0.2) is 23.4 Å². The minimum atomic E-state index is -4.69. The zero-order chi connectivity index (χ0) is 13.5. The van der Waals surface area contributed by atoms with E-state index in [1.807, 2.05) is 0 Å². The lowest BCUT2D eigenvalue weighted by Crippen LogP contribution is -2.47. The predicted octanol–water partition coefficient (Wildman–Crippen LogP) is 2.56. The average Bonchev–Trinajstić information content (AvgIpc) is 2.25. The fraction of sp³-hybridized carbons (Fsp3) is 0.417. The van der Waals surface area contributed by atoms with Crippen LogP contribution < -0.4 is 4.74 Å². The maximum atomic E-state index is 12.7. The van der Waals surface area contributed by atoms with Crippen molar-refractivity contribution in [1.29, 1.82) is 0 Å². The van der Waals surface area contributed by atoms with E-state index in [1.165, 1.54) is 6.07 Å². The molecule has 1 aliphatic rings. The Hall–Kier alpha value is -1.72. The standard InChI is InChI=1S/C12H11F3O3/c1-6-2-3-9-7(4-6)5-8(11(16)17)10(18-9)12(13,14)15/h2-4,8,10H,5H2,1H3,(H,16,17)/t8-,10-/m0/s1. The number of benzene rings is 1. The van der Waals surface area contributed by atoms with Crippen LogP contribution in [0.2, 0.25) is 0 Å². The highest BCUT2D eigenvalue weighted by Gasteiger charge is 2.52. The molecule has 0 saturated heterocycles. The molecular formula is C12H11F3O3. The highest BCUT2D eigenvalue weighted by atomic mass is 19.4. The van der Waals surface area contributed by atoms with Crippen LogP contribution in [0.5, 0.6) is 5.75 Å². The molecule has 1 aliphatic heterocycles. The minimum absolute atomic E-state index is 0.112. The zero-order valence-electron chi connectivity index (χ0n) is 9.49. The number of alkyl halides is 3. The highest BCUT2D eigenvalue weighted by Crippen LogP contribution is 2.38. The van der Waals surface area contributed by atoms with Crippen LogP contribution in [0.4, 0.5) is 13.2 Å². The Kier molecular flexibility index (Phi) is 2.96. The number of rotatable bonds is 1. The predicted molar refractivity (Wildman–Crippen MR) is 56.5 cm³/mol. The van der Waals surface area contributed by atoms with Crippen LogP contribution >= 0.6 is 0 Å². The molecule has 0 spiro atoms. The Labute approximate surface area is 101 Å². The number of aliphatic carboxylic acids is 1. The summed E-state index contributed by atoms with van der Waals surface area (Å²) in [7, 11) is 0. The first kappa shape index (κ1) is 12.7. The van der Waals surface area contributed by atoms with E-state index in [4.69, 9.17) is 9.84 Å². The number of halogens is 3. The van der Waals surface area contributed by atoms with E-state index in [0.717, 1.165) is 5.56 Å². The van der Waals surface area contributed by atoms with Gasteiger partial charge in [0.15, 0.2) is 0 Å². The van der Waals surface area contributed by atoms with Gasteiger partial charge in [-0.1, -0.05) is 17.7 Å². The summed E-state index contributed by atoms with van der Waals surface area (Å²) in [6, 6.07) is 4.73. The van der Waals surface area contributed by atoms with Crippen molar-refractivity contribution in [3.05, 3.63) is 29.3 Å². The third-order valence-electron chi connectivity index (χ3n) is 2.92. The molecule has 0 saturated carbocycles. The van der Waals surface area contributed by atoms with Crippen LogP contribution in [0.3, 0.4) is 0 Å². The number of ether oxygens (including phenoxy) is 1. The van der Waals surface area contributed by atoms with Crippen LogP contribution in [0.15, 0.2) is 18.2 Å². The van der Waals surface area contributed by atoms with Crippen molar-refractivity contribution in [2.45, 2.75) is 25.6 Å². The second-order valence-corrected chi connectivity index (χ2v) is 4.34. The summed E-state index contributed by atoms with van der Waals surface area (Å²) in [6.07, 6.45) is -7.15. The van der Waals surface area contributed by atoms with Gasteiger partial charge >= 0.3 is 12.1 Å². The van der Waals surface area contributed by atoms with Crippen molar-refractivity contribution < 1.29 is 27.8 Å². The second-order valence-electron chi connectivity index (χ2n) is 4.34. The molecule has 2 rings (SSSR count). The molecule has 0 aromatic heterocycles. The molecular weight excluding hydrogens is 249 g/mol. The van der Waals surface area contributed by atoms with Gasteiger partial charge in [-0.3, -0.25) is 4.79 Å². The topological polar surface area (TPSA) is 46.5 Å². The number of carbonyl (C=O) groups is 1. The summed E-state index contributed by atoms with van der Waals surface area (Å²) in [6.45, 7) is 1.78. The average molecular weight is 260 g/mol. The Morgan fingerprint density at radius 3 is 2.67 bits per heavy atom. The summed E-state index contributed by atoms with van der Waals surface area (Å²) in [5.74, 6) is -2.98. The molecule has 3 nitrogen and oxygen atoms in total. The summed E-state index contributed by atoms with van der Waals surface area (Å²) in [5, 5.41) is 8.89. The van der Waals surface area contributed by atoms with E-state index in [1.54, 1.807) is 19.1 Å². The Bertz CT molecular complexity index is 482. The lowest BCUT2D eigenvalue weighted by atomic mass is 9.89. The molecule has 18 heavy (non-hydrogen) atoms. The molecule has 0 radical (unpaired) electrons. The van der Waals surface area contributed by atoms with Crippen molar-refractivity contribution in [3.8, 4) is 5.75 Å². The van der Waals surface area contributed by atoms with Crippen molar-refractivity contribution in [2.75, 3.05) is 0 Å². The summed E-state index contributed by atoms with van der Waals surface area (Å²) in [5.41, 5.74) is 1.36.